The third-order valence-electron chi connectivity index (χ3n) is 3.97. The maximum absolute atomic E-state index is 4.17. The molecule has 2 rings (SSSR count). The monoisotopic (exact) mass is 265 g/mol. The minimum atomic E-state index is 0.244. The van der Waals surface area contributed by atoms with Gasteiger partial charge < -0.3 is 15.2 Å². The molecule has 3 atom stereocenters. The number of hydrogen-bond acceptors (Lipinski definition) is 4. The summed E-state index contributed by atoms with van der Waals surface area (Å²) >= 11 is 0. The van der Waals surface area contributed by atoms with Crippen LogP contribution in [0.25, 0.3) is 0 Å². The molecular formula is C14H27N5. The van der Waals surface area contributed by atoms with Gasteiger partial charge in [-0.1, -0.05) is 12.8 Å². The number of nitrogens with zero attached hydrogens (tertiary/aromatic N) is 3. The van der Waals surface area contributed by atoms with Crippen molar-refractivity contribution >= 4 is 0 Å². The van der Waals surface area contributed by atoms with E-state index in [-0.39, 0.29) is 6.04 Å². The van der Waals surface area contributed by atoms with Gasteiger partial charge in [0.25, 0.3) is 0 Å². The van der Waals surface area contributed by atoms with Crippen molar-refractivity contribution in [3.05, 3.63) is 12.2 Å². The number of aryl methyl sites for hydroxylation is 1. The number of nitrogens with one attached hydrogen (secondary N) is 2. The van der Waals surface area contributed by atoms with Crippen LogP contribution in [0.5, 0.6) is 0 Å². The Hall–Kier alpha value is -0.940. The predicted molar refractivity (Wildman–Crippen MR) is 76.9 cm³/mol. The Morgan fingerprint density at radius 1 is 1.42 bits per heavy atom. The average molecular weight is 265 g/mol. The summed E-state index contributed by atoms with van der Waals surface area (Å²) in [4.78, 5) is 0. The van der Waals surface area contributed by atoms with E-state index in [0.29, 0.717) is 12.1 Å². The first-order chi connectivity index (χ1) is 9.16. The second-order valence-corrected chi connectivity index (χ2v) is 5.83. The molecule has 0 saturated carbocycles. The van der Waals surface area contributed by atoms with Crippen LogP contribution in [-0.4, -0.2) is 33.4 Å². The lowest BCUT2D eigenvalue weighted by molar-refractivity contribution is 0.372. The first kappa shape index (κ1) is 14.5. The summed E-state index contributed by atoms with van der Waals surface area (Å²) in [5.74, 6) is 1.00. The molecule has 5 nitrogen and oxygen atoms in total. The van der Waals surface area contributed by atoms with Crippen molar-refractivity contribution in [1.29, 1.82) is 0 Å². The van der Waals surface area contributed by atoms with Gasteiger partial charge in [0.05, 0.1) is 6.04 Å². The fourth-order valence-corrected chi connectivity index (χ4v) is 2.98. The van der Waals surface area contributed by atoms with E-state index in [1.165, 1.54) is 38.6 Å². The van der Waals surface area contributed by atoms with Crippen LogP contribution in [0, 0.1) is 0 Å². The summed E-state index contributed by atoms with van der Waals surface area (Å²) in [5.41, 5.74) is 0. The lowest BCUT2D eigenvalue weighted by Crippen LogP contribution is -2.38. The molecule has 0 amide bonds. The van der Waals surface area contributed by atoms with Gasteiger partial charge in [-0.05, 0) is 39.7 Å². The summed E-state index contributed by atoms with van der Waals surface area (Å²) in [6, 6.07) is 1.40. The largest absolute Gasteiger partial charge is 0.319 e. The third-order valence-corrected chi connectivity index (χ3v) is 3.97. The van der Waals surface area contributed by atoms with Gasteiger partial charge in [-0.2, -0.15) is 0 Å². The van der Waals surface area contributed by atoms with Gasteiger partial charge in [0.2, 0.25) is 0 Å². The quantitative estimate of drug-likeness (QED) is 0.852. The van der Waals surface area contributed by atoms with E-state index in [1.807, 2.05) is 11.6 Å². The topological polar surface area (TPSA) is 54.8 Å². The van der Waals surface area contributed by atoms with E-state index in [2.05, 4.69) is 34.7 Å². The Labute approximate surface area is 116 Å². The fraction of sp³-hybridized carbons (Fsp3) is 0.857. The predicted octanol–water partition coefficient (Wildman–Crippen LogP) is 1.78. The highest BCUT2D eigenvalue weighted by Crippen LogP contribution is 2.15. The molecule has 3 unspecified atom stereocenters. The van der Waals surface area contributed by atoms with E-state index < -0.39 is 0 Å². The lowest BCUT2D eigenvalue weighted by atomic mass is 10.0. The van der Waals surface area contributed by atoms with E-state index in [1.54, 1.807) is 6.33 Å². The highest BCUT2D eigenvalue weighted by atomic mass is 15.3. The molecule has 2 N–H and O–H groups in total. The zero-order chi connectivity index (χ0) is 13.7. The summed E-state index contributed by atoms with van der Waals surface area (Å²) in [7, 11) is 1.99. The van der Waals surface area contributed by atoms with Crippen LogP contribution in [0.2, 0.25) is 0 Å². The average Bonchev–Trinajstić information content (AvgIpc) is 2.63. The Morgan fingerprint density at radius 3 is 3.00 bits per heavy atom. The van der Waals surface area contributed by atoms with Gasteiger partial charge in [-0.3, -0.25) is 0 Å². The van der Waals surface area contributed by atoms with Crippen molar-refractivity contribution in [2.24, 2.45) is 7.05 Å². The minimum absolute atomic E-state index is 0.244. The van der Waals surface area contributed by atoms with Crippen molar-refractivity contribution in [3.63, 3.8) is 0 Å². The van der Waals surface area contributed by atoms with Crippen LogP contribution < -0.4 is 10.6 Å². The van der Waals surface area contributed by atoms with Gasteiger partial charge in [0.1, 0.15) is 12.2 Å². The molecular weight excluding hydrogens is 238 g/mol. The van der Waals surface area contributed by atoms with E-state index in [0.717, 1.165) is 5.82 Å². The molecule has 108 valence electrons. The van der Waals surface area contributed by atoms with Crippen molar-refractivity contribution in [3.8, 4) is 0 Å². The van der Waals surface area contributed by atoms with Gasteiger partial charge in [-0.25, -0.2) is 0 Å². The van der Waals surface area contributed by atoms with Crippen molar-refractivity contribution in [2.75, 3.05) is 6.54 Å². The summed E-state index contributed by atoms with van der Waals surface area (Å²) in [6.07, 6.45) is 8.31. The Kier molecular flexibility index (Phi) is 5.34. The Bertz CT molecular complexity index is 368. The summed E-state index contributed by atoms with van der Waals surface area (Å²) in [5, 5.41) is 15.4. The van der Waals surface area contributed by atoms with Crippen molar-refractivity contribution < 1.29 is 0 Å². The van der Waals surface area contributed by atoms with Gasteiger partial charge >= 0.3 is 0 Å². The molecule has 0 aromatic carbocycles. The summed E-state index contributed by atoms with van der Waals surface area (Å²) in [6.45, 7) is 5.59. The van der Waals surface area contributed by atoms with Gasteiger partial charge in [-0.15, -0.1) is 10.2 Å². The van der Waals surface area contributed by atoms with Crippen molar-refractivity contribution in [1.82, 2.24) is 25.4 Å². The first-order valence-corrected chi connectivity index (χ1v) is 7.50. The molecule has 0 radical (unpaired) electrons. The molecule has 0 bridgehead atoms. The molecule has 1 aromatic heterocycles. The Balaban J connectivity index is 1.80. The maximum atomic E-state index is 4.17. The van der Waals surface area contributed by atoms with E-state index in [4.69, 9.17) is 0 Å². The zero-order valence-electron chi connectivity index (χ0n) is 12.4. The third kappa shape index (κ3) is 4.28. The van der Waals surface area contributed by atoms with Crippen LogP contribution in [0.15, 0.2) is 6.33 Å². The summed E-state index contributed by atoms with van der Waals surface area (Å²) < 4.78 is 1.98. The van der Waals surface area contributed by atoms with Crippen LogP contribution in [0.4, 0.5) is 0 Å². The van der Waals surface area contributed by atoms with E-state index >= 15 is 0 Å². The van der Waals surface area contributed by atoms with E-state index in [9.17, 15) is 0 Å². The molecule has 1 aliphatic rings. The molecule has 1 fully saturated rings. The molecule has 1 aliphatic heterocycles. The van der Waals surface area contributed by atoms with Crippen molar-refractivity contribution in [2.45, 2.75) is 64.1 Å². The SMILES string of the molecule is CC(CC1CCCCCN1)NC(C)c1nncn1C. The Morgan fingerprint density at radius 2 is 2.26 bits per heavy atom. The molecule has 2 heterocycles. The normalized spacial score (nSPS) is 23.8. The number of aromatic nitrogens is 3. The highest BCUT2D eigenvalue weighted by Gasteiger charge is 2.18. The highest BCUT2D eigenvalue weighted by molar-refractivity contribution is 4.93. The maximum Gasteiger partial charge on any atom is 0.149 e. The van der Waals surface area contributed by atoms with Crippen LogP contribution >= 0.6 is 0 Å². The lowest BCUT2D eigenvalue weighted by Gasteiger charge is -2.24. The van der Waals surface area contributed by atoms with Gasteiger partial charge in [0, 0.05) is 19.1 Å². The second-order valence-electron chi connectivity index (χ2n) is 5.83. The zero-order valence-corrected chi connectivity index (χ0v) is 12.4. The smallest absolute Gasteiger partial charge is 0.149 e. The van der Waals surface area contributed by atoms with Gasteiger partial charge in [0.15, 0.2) is 0 Å². The fourth-order valence-electron chi connectivity index (χ4n) is 2.98. The molecule has 5 heteroatoms. The van der Waals surface area contributed by atoms with Crippen LogP contribution in [0.3, 0.4) is 0 Å². The van der Waals surface area contributed by atoms with Crippen LogP contribution in [-0.2, 0) is 7.05 Å². The number of hydrogen-bond donors (Lipinski definition) is 2. The molecule has 19 heavy (non-hydrogen) atoms. The minimum Gasteiger partial charge on any atom is -0.319 e. The molecule has 1 saturated heterocycles. The number of rotatable bonds is 5. The molecule has 0 aliphatic carbocycles. The second kappa shape index (κ2) is 7.01. The molecule has 1 aromatic rings. The standard InChI is InChI=1S/C14H27N5/c1-11(9-13-7-5-4-6-8-15-13)17-12(2)14-18-16-10-19(14)3/h10-13,15,17H,4-9H2,1-3H3. The first-order valence-electron chi connectivity index (χ1n) is 7.50. The van der Waals surface area contributed by atoms with Crippen LogP contribution in [0.1, 0.15) is 57.8 Å². The molecule has 0 spiro atoms.